The summed E-state index contributed by atoms with van der Waals surface area (Å²) >= 11 is 0. The largest absolute Gasteiger partial charge is 0.545 e. The Kier molecular flexibility index (Phi) is 4.65. The Balaban J connectivity index is 2.28. The molecule has 7 nitrogen and oxygen atoms in total. The van der Waals surface area contributed by atoms with Crippen molar-refractivity contribution < 1.29 is 27.9 Å². The molecule has 0 bridgehead atoms. The summed E-state index contributed by atoms with van der Waals surface area (Å²) in [7, 11) is -2.74. The molecule has 0 aliphatic carbocycles. The van der Waals surface area contributed by atoms with Gasteiger partial charge in [-0.25, -0.2) is 13.2 Å². The fraction of sp³-hybridized carbons (Fsp3) is 0.0667. The summed E-state index contributed by atoms with van der Waals surface area (Å²) in [5.41, 5.74) is 0.210. The molecule has 120 valence electrons. The van der Waals surface area contributed by atoms with Crippen LogP contribution < -0.4 is 9.83 Å². The van der Waals surface area contributed by atoms with Gasteiger partial charge in [-0.1, -0.05) is 18.2 Å². The topological polar surface area (TPSA) is 113 Å². The normalized spacial score (nSPS) is 10.8. The first-order chi connectivity index (χ1) is 10.8. The molecule has 0 aliphatic heterocycles. The fourth-order valence-corrected chi connectivity index (χ4v) is 2.90. The van der Waals surface area contributed by atoms with E-state index < -0.39 is 22.0 Å². The third-order valence-corrected chi connectivity index (χ3v) is 4.32. The van der Waals surface area contributed by atoms with Crippen molar-refractivity contribution in [2.45, 2.75) is 4.90 Å². The van der Waals surface area contributed by atoms with Crippen molar-refractivity contribution in [2.75, 3.05) is 11.8 Å². The molecule has 0 aromatic heterocycles. The zero-order chi connectivity index (χ0) is 17.0. The molecule has 2 aromatic rings. The van der Waals surface area contributed by atoms with Gasteiger partial charge in [0, 0.05) is 5.69 Å². The van der Waals surface area contributed by atoms with Crippen LogP contribution in [0, 0.1) is 0 Å². The summed E-state index contributed by atoms with van der Waals surface area (Å²) < 4.78 is 31.4. The minimum Gasteiger partial charge on any atom is -0.545 e. The average Bonchev–Trinajstić information content (AvgIpc) is 2.54. The lowest BCUT2D eigenvalue weighted by Crippen LogP contribution is -2.22. The number of benzene rings is 2. The number of anilines is 1. The molecule has 2 rings (SSSR count). The van der Waals surface area contributed by atoms with E-state index in [1.54, 1.807) is 0 Å². The molecule has 0 heterocycles. The lowest BCUT2D eigenvalue weighted by Gasteiger charge is -2.10. The molecule has 1 N–H and O–H groups in total. The Morgan fingerprint density at radius 2 is 1.70 bits per heavy atom. The van der Waals surface area contributed by atoms with E-state index in [0.29, 0.717) is 0 Å². The third kappa shape index (κ3) is 3.86. The van der Waals surface area contributed by atoms with Gasteiger partial charge < -0.3 is 14.6 Å². The third-order valence-electron chi connectivity index (χ3n) is 2.94. The van der Waals surface area contributed by atoms with Crippen molar-refractivity contribution in [3.63, 3.8) is 0 Å². The van der Waals surface area contributed by atoms with E-state index in [-0.39, 0.29) is 21.7 Å². The van der Waals surface area contributed by atoms with Crippen LogP contribution in [0.25, 0.3) is 0 Å². The summed E-state index contributed by atoms with van der Waals surface area (Å²) in [4.78, 5) is 22.0. The van der Waals surface area contributed by atoms with Gasteiger partial charge in [-0.15, -0.1) is 0 Å². The minimum absolute atomic E-state index is 0.0689. The highest BCUT2D eigenvalue weighted by Gasteiger charge is 2.16. The van der Waals surface area contributed by atoms with E-state index in [1.165, 1.54) is 55.6 Å². The van der Waals surface area contributed by atoms with E-state index in [9.17, 15) is 23.1 Å². The summed E-state index contributed by atoms with van der Waals surface area (Å²) in [6.07, 6.45) is 0. The second kappa shape index (κ2) is 6.49. The molecule has 0 radical (unpaired) electrons. The number of hydrogen-bond acceptors (Lipinski definition) is 6. The molecule has 8 heteroatoms. The highest BCUT2D eigenvalue weighted by Crippen LogP contribution is 2.18. The first kappa shape index (κ1) is 16.5. The molecule has 0 saturated heterocycles. The van der Waals surface area contributed by atoms with Gasteiger partial charge in [0.15, 0.2) is 0 Å². The number of carboxylic acid groups (broad SMARTS) is 1. The lowest BCUT2D eigenvalue weighted by molar-refractivity contribution is -0.255. The number of hydrogen-bond donors (Lipinski definition) is 1. The number of carbonyl (C=O) groups excluding carboxylic acids is 2. The number of carbonyl (C=O) groups is 2. The molecule has 0 spiro atoms. The molecule has 0 fully saturated rings. The number of methoxy groups -OCH3 is 1. The SMILES string of the molecule is COC(=O)c1cccc(S(=O)(=O)Nc2ccc(C(=O)[O-])cc2)c1. The number of nitrogens with one attached hydrogen (secondary N) is 1. The smallest absolute Gasteiger partial charge is 0.337 e. The first-order valence-electron chi connectivity index (χ1n) is 6.36. The highest BCUT2D eigenvalue weighted by atomic mass is 32.2. The van der Waals surface area contributed by atoms with Crippen LogP contribution in [0.4, 0.5) is 5.69 Å². The van der Waals surface area contributed by atoms with Gasteiger partial charge in [0.2, 0.25) is 0 Å². The maximum atomic E-state index is 12.3. The lowest BCUT2D eigenvalue weighted by atomic mass is 10.2. The van der Waals surface area contributed by atoms with Crippen molar-refractivity contribution in [1.82, 2.24) is 0 Å². The number of rotatable bonds is 5. The maximum Gasteiger partial charge on any atom is 0.337 e. The molecule has 0 unspecified atom stereocenters. The van der Waals surface area contributed by atoms with E-state index in [0.717, 1.165) is 0 Å². The number of carboxylic acids is 1. The number of ether oxygens (including phenoxy) is 1. The Bertz CT molecular complexity index is 843. The number of sulfonamides is 1. The summed E-state index contributed by atoms with van der Waals surface area (Å²) in [6, 6.07) is 10.4. The fourth-order valence-electron chi connectivity index (χ4n) is 1.80. The molecule has 0 saturated carbocycles. The summed E-state index contributed by atoms with van der Waals surface area (Å²) in [5, 5.41) is 10.7. The van der Waals surface area contributed by atoms with Gasteiger partial charge in [-0.3, -0.25) is 4.72 Å². The Labute approximate surface area is 132 Å². The van der Waals surface area contributed by atoms with Crippen LogP contribution in [0.2, 0.25) is 0 Å². The van der Waals surface area contributed by atoms with Gasteiger partial charge in [0.1, 0.15) is 0 Å². The zero-order valence-electron chi connectivity index (χ0n) is 12.0. The monoisotopic (exact) mass is 334 g/mol. The van der Waals surface area contributed by atoms with Crippen molar-refractivity contribution in [3.8, 4) is 0 Å². The van der Waals surface area contributed by atoms with E-state index in [1.807, 2.05) is 0 Å². The quantitative estimate of drug-likeness (QED) is 0.803. The second-order valence-electron chi connectivity index (χ2n) is 4.49. The van der Waals surface area contributed by atoms with Gasteiger partial charge in [0.05, 0.1) is 23.5 Å². The molecular weight excluding hydrogens is 322 g/mol. The van der Waals surface area contributed by atoms with Crippen LogP contribution in [0.1, 0.15) is 20.7 Å². The maximum absolute atomic E-state index is 12.3. The molecule has 2 aromatic carbocycles. The van der Waals surface area contributed by atoms with Crippen molar-refractivity contribution in [2.24, 2.45) is 0 Å². The van der Waals surface area contributed by atoms with Gasteiger partial charge >= 0.3 is 5.97 Å². The molecular formula is C15H12NO6S-. The van der Waals surface area contributed by atoms with Crippen LogP contribution in [-0.4, -0.2) is 27.5 Å². The second-order valence-corrected chi connectivity index (χ2v) is 6.17. The molecule has 23 heavy (non-hydrogen) atoms. The van der Waals surface area contributed by atoms with Crippen LogP contribution in [0.15, 0.2) is 53.4 Å². The number of aromatic carboxylic acids is 1. The number of esters is 1. The van der Waals surface area contributed by atoms with Gasteiger partial charge in [-0.2, -0.15) is 0 Å². The predicted molar refractivity (Wildman–Crippen MR) is 79.4 cm³/mol. The van der Waals surface area contributed by atoms with Crippen LogP contribution in [0.5, 0.6) is 0 Å². The average molecular weight is 334 g/mol. The van der Waals surface area contributed by atoms with Crippen LogP contribution >= 0.6 is 0 Å². The van der Waals surface area contributed by atoms with Crippen LogP contribution in [0.3, 0.4) is 0 Å². The Morgan fingerprint density at radius 3 is 2.26 bits per heavy atom. The van der Waals surface area contributed by atoms with E-state index >= 15 is 0 Å². The molecule has 0 aliphatic rings. The summed E-state index contributed by atoms with van der Waals surface area (Å²) in [6.45, 7) is 0. The minimum atomic E-state index is -3.93. The van der Waals surface area contributed by atoms with Crippen molar-refractivity contribution >= 4 is 27.6 Å². The highest BCUT2D eigenvalue weighted by molar-refractivity contribution is 7.92. The predicted octanol–water partition coefficient (Wildman–Crippen LogP) is 0.637. The standard InChI is InChI=1S/C15H13NO6S/c1-22-15(19)11-3-2-4-13(9-11)23(20,21)16-12-7-5-10(6-8-12)14(17)18/h2-9,16H,1H3,(H,17,18)/p-1. The molecule has 0 amide bonds. The van der Waals surface area contributed by atoms with Crippen LogP contribution in [-0.2, 0) is 14.8 Å². The summed E-state index contributed by atoms with van der Waals surface area (Å²) in [5.74, 6) is -2.01. The molecule has 0 atom stereocenters. The van der Waals surface area contributed by atoms with E-state index in [2.05, 4.69) is 9.46 Å². The zero-order valence-corrected chi connectivity index (χ0v) is 12.8. The Hall–Kier alpha value is -2.87. The van der Waals surface area contributed by atoms with Gasteiger partial charge in [0.25, 0.3) is 10.0 Å². The Morgan fingerprint density at radius 1 is 1.04 bits per heavy atom. The van der Waals surface area contributed by atoms with E-state index in [4.69, 9.17) is 0 Å². The van der Waals surface area contributed by atoms with Gasteiger partial charge in [-0.05, 0) is 35.9 Å². The first-order valence-corrected chi connectivity index (χ1v) is 7.84. The van der Waals surface area contributed by atoms with Crippen molar-refractivity contribution in [3.05, 3.63) is 59.7 Å². The van der Waals surface area contributed by atoms with Crippen molar-refractivity contribution in [1.29, 1.82) is 0 Å².